The lowest BCUT2D eigenvalue weighted by molar-refractivity contribution is 0.109. The monoisotopic (exact) mass is 218 g/mol. The molecule has 1 aromatic carbocycles. The molecule has 1 aromatic rings. The van der Waals surface area contributed by atoms with E-state index in [1.807, 2.05) is 6.07 Å². The van der Waals surface area contributed by atoms with Crippen molar-refractivity contribution in [3.05, 3.63) is 35.4 Å². The zero-order valence-corrected chi connectivity index (χ0v) is 10.3. The van der Waals surface area contributed by atoms with Crippen LogP contribution < -0.4 is 0 Å². The molecule has 1 fully saturated rings. The first-order chi connectivity index (χ1) is 7.70. The second-order valence-electron chi connectivity index (χ2n) is 5.21. The molecule has 0 heterocycles. The Balaban J connectivity index is 2.05. The molecule has 0 bridgehead atoms. The molecular formula is C15H22O. The third kappa shape index (κ3) is 2.46. The lowest BCUT2D eigenvalue weighted by Crippen LogP contribution is -2.09. The molecule has 0 saturated heterocycles. The standard InChI is InChI=1S/C15H22O/c1-3-12-7-8-14(10-12)15(16)13-6-4-5-11(2)9-13/h4-6,9,12,14-16H,3,7-8,10H2,1-2H3. The summed E-state index contributed by atoms with van der Waals surface area (Å²) >= 11 is 0. The zero-order chi connectivity index (χ0) is 11.5. The summed E-state index contributed by atoms with van der Waals surface area (Å²) in [5, 5.41) is 10.4. The number of aliphatic hydroxyl groups excluding tert-OH is 1. The van der Waals surface area contributed by atoms with Crippen LogP contribution in [-0.4, -0.2) is 5.11 Å². The van der Waals surface area contributed by atoms with E-state index in [-0.39, 0.29) is 6.10 Å². The Morgan fingerprint density at radius 3 is 2.81 bits per heavy atom. The maximum atomic E-state index is 10.4. The van der Waals surface area contributed by atoms with Gasteiger partial charge in [-0.1, -0.05) is 49.6 Å². The number of aliphatic hydroxyl groups is 1. The van der Waals surface area contributed by atoms with Crippen LogP contribution in [0.3, 0.4) is 0 Å². The topological polar surface area (TPSA) is 20.2 Å². The van der Waals surface area contributed by atoms with Crippen molar-refractivity contribution in [1.82, 2.24) is 0 Å². The molecule has 1 nitrogen and oxygen atoms in total. The van der Waals surface area contributed by atoms with Gasteiger partial charge in [0.25, 0.3) is 0 Å². The molecule has 1 aliphatic rings. The van der Waals surface area contributed by atoms with Gasteiger partial charge in [0.1, 0.15) is 0 Å². The van der Waals surface area contributed by atoms with E-state index in [2.05, 4.69) is 32.0 Å². The number of benzene rings is 1. The number of aryl methyl sites for hydroxylation is 1. The Kier molecular flexibility index (Phi) is 3.65. The first-order valence-electron chi connectivity index (χ1n) is 6.45. The molecule has 2 rings (SSSR count). The maximum Gasteiger partial charge on any atom is 0.0818 e. The minimum Gasteiger partial charge on any atom is -0.388 e. The molecule has 1 aliphatic carbocycles. The minimum absolute atomic E-state index is 0.253. The summed E-state index contributed by atoms with van der Waals surface area (Å²) in [6.45, 7) is 4.34. The van der Waals surface area contributed by atoms with Crippen LogP contribution in [0, 0.1) is 18.8 Å². The highest BCUT2D eigenvalue weighted by Crippen LogP contribution is 2.40. The number of rotatable bonds is 3. The molecule has 0 amide bonds. The molecule has 1 heteroatoms. The minimum atomic E-state index is -0.253. The molecule has 0 radical (unpaired) electrons. The first-order valence-corrected chi connectivity index (χ1v) is 6.45. The van der Waals surface area contributed by atoms with Gasteiger partial charge in [0.2, 0.25) is 0 Å². The van der Waals surface area contributed by atoms with Crippen molar-refractivity contribution < 1.29 is 5.11 Å². The van der Waals surface area contributed by atoms with Gasteiger partial charge < -0.3 is 5.11 Å². The third-order valence-electron chi connectivity index (χ3n) is 3.99. The van der Waals surface area contributed by atoms with E-state index in [0.717, 1.165) is 11.5 Å². The lowest BCUT2D eigenvalue weighted by Gasteiger charge is -2.19. The maximum absolute atomic E-state index is 10.4. The molecule has 0 aliphatic heterocycles. The number of hydrogen-bond donors (Lipinski definition) is 1. The summed E-state index contributed by atoms with van der Waals surface area (Å²) in [5.41, 5.74) is 2.34. The van der Waals surface area contributed by atoms with Crippen molar-refractivity contribution in [2.24, 2.45) is 11.8 Å². The van der Waals surface area contributed by atoms with E-state index in [1.165, 1.54) is 31.2 Å². The van der Waals surface area contributed by atoms with Crippen LogP contribution in [0.2, 0.25) is 0 Å². The fraction of sp³-hybridized carbons (Fsp3) is 0.600. The predicted octanol–water partition coefficient (Wildman–Crippen LogP) is 3.85. The van der Waals surface area contributed by atoms with Gasteiger partial charge in [-0.15, -0.1) is 0 Å². The van der Waals surface area contributed by atoms with E-state index in [0.29, 0.717) is 5.92 Å². The Hall–Kier alpha value is -0.820. The summed E-state index contributed by atoms with van der Waals surface area (Å²) < 4.78 is 0. The van der Waals surface area contributed by atoms with Crippen LogP contribution >= 0.6 is 0 Å². The number of hydrogen-bond acceptors (Lipinski definition) is 1. The van der Waals surface area contributed by atoms with Gasteiger partial charge in [-0.25, -0.2) is 0 Å². The summed E-state index contributed by atoms with van der Waals surface area (Å²) in [4.78, 5) is 0. The quantitative estimate of drug-likeness (QED) is 0.817. The van der Waals surface area contributed by atoms with E-state index in [4.69, 9.17) is 0 Å². The van der Waals surface area contributed by atoms with Crippen molar-refractivity contribution in [3.8, 4) is 0 Å². The van der Waals surface area contributed by atoms with Crippen molar-refractivity contribution in [2.75, 3.05) is 0 Å². The molecule has 1 saturated carbocycles. The fourth-order valence-corrected chi connectivity index (χ4v) is 2.90. The highest BCUT2D eigenvalue weighted by atomic mass is 16.3. The highest BCUT2D eigenvalue weighted by Gasteiger charge is 2.29. The van der Waals surface area contributed by atoms with E-state index < -0.39 is 0 Å². The molecule has 16 heavy (non-hydrogen) atoms. The normalized spacial score (nSPS) is 26.9. The summed E-state index contributed by atoms with van der Waals surface area (Å²) in [6.07, 6.45) is 4.69. The van der Waals surface area contributed by atoms with Crippen LogP contribution in [0.25, 0.3) is 0 Å². The average molecular weight is 218 g/mol. The molecule has 3 unspecified atom stereocenters. The summed E-state index contributed by atoms with van der Waals surface area (Å²) in [6, 6.07) is 8.29. The van der Waals surface area contributed by atoms with Gasteiger partial charge in [0.05, 0.1) is 6.10 Å². The van der Waals surface area contributed by atoms with Gasteiger partial charge in [-0.2, -0.15) is 0 Å². The molecule has 88 valence electrons. The van der Waals surface area contributed by atoms with Gasteiger partial charge >= 0.3 is 0 Å². The van der Waals surface area contributed by atoms with E-state index in [1.54, 1.807) is 0 Å². The third-order valence-corrected chi connectivity index (χ3v) is 3.99. The Morgan fingerprint density at radius 2 is 2.19 bits per heavy atom. The van der Waals surface area contributed by atoms with Gasteiger partial charge in [0, 0.05) is 0 Å². The van der Waals surface area contributed by atoms with Gasteiger partial charge in [0.15, 0.2) is 0 Å². The predicted molar refractivity (Wildman–Crippen MR) is 67.3 cm³/mol. The average Bonchev–Trinajstić information content (AvgIpc) is 2.76. The van der Waals surface area contributed by atoms with Gasteiger partial charge in [-0.3, -0.25) is 0 Å². The first kappa shape index (κ1) is 11.7. The Morgan fingerprint density at radius 1 is 1.38 bits per heavy atom. The summed E-state index contributed by atoms with van der Waals surface area (Å²) in [5.74, 6) is 1.32. The highest BCUT2D eigenvalue weighted by molar-refractivity contribution is 5.24. The van der Waals surface area contributed by atoms with E-state index >= 15 is 0 Å². The molecule has 1 N–H and O–H groups in total. The Labute approximate surface area is 98.5 Å². The van der Waals surface area contributed by atoms with Crippen LogP contribution in [0.5, 0.6) is 0 Å². The van der Waals surface area contributed by atoms with Crippen molar-refractivity contribution in [3.63, 3.8) is 0 Å². The van der Waals surface area contributed by atoms with Crippen LogP contribution in [0.15, 0.2) is 24.3 Å². The SMILES string of the molecule is CCC1CCC(C(O)c2cccc(C)c2)C1. The molecule has 0 spiro atoms. The zero-order valence-electron chi connectivity index (χ0n) is 10.3. The fourth-order valence-electron chi connectivity index (χ4n) is 2.90. The van der Waals surface area contributed by atoms with Gasteiger partial charge in [-0.05, 0) is 37.2 Å². The van der Waals surface area contributed by atoms with E-state index in [9.17, 15) is 5.11 Å². The smallest absolute Gasteiger partial charge is 0.0818 e. The lowest BCUT2D eigenvalue weighted by atomic mass is 9.92. The molecular weight excluding hydrogens is 196 g/mol. The second-order valence-corrected chi connectivity index (χ2v) is 5.21. The van der Waals surface area contributed by atoms with Crippen LogP contribution in [0.1, 0.15) is 49.8 Å². The molecule has 0 aromatic heterocycles. The van der Waals surface area contributed by atoms with Crippen molar-refractivity contribution >= 4 is 0 Å². The van der Waals surface area contributed by atoms with Crippen LogP contribution in [0.4, 0.5) is 0 Å². The molecule has 3 atom stereocenters. The summed E-state index contributed by atoms with van der Waals surface area (Å²) in [7, 11) is 0. The largest absolute Gasteiger partial charge is 0.388 e. The van der Waals surface area contributed by atoms with Crippen molar-refractivity contribution in [1.29, 1.82) is 0 Å². The Bertz CT molecular complexity index is 345. The van der Waals surface area contributed by atoms with Crippen LogP contribution in [-0.2, 0) is 0 Å². The van der Waals surface area contributed by atoms with Crippen molar-refractivity contribution in [2.45, 2.75) is 45.6 Å². The second kappa shape index (κ2) is 5.01.